The van der Waals surface area contributed by atoms with Crippen molar-refractivity contribution < 1.29 is 0 Å². The van der Waals surface area contributed by atoms with Gasteiger partial charge in [0.1, 0.15) is 0 Å². The molecule has 0 saturated heterocycles. The second-order valence-electron chi connectivity index (χ2n) is 2.63. The highest BCUT2D eigenvalue weighted by Crippen LogP contribution is 2.02. The van der Waals surface area contributed by atoms with Gasteiger partial charge in [0, 0.05) is 18.6 Å². The summed E-state index contributed by atoms with van der Waals surface area (Å²) in [7, 11) is 1.95. The van der Waals surface area contributed by atoms with E-state index in [0.29, 0.717) is 0 Å². The SMILES string of the molecule is Cn1ccc(CCCCBr)n1. The first kappa shape index (κ1) is 8.78. The molecule has 0 radical (unpaired) electrons. The van der Waals surface area contributed by atoms with Crippen molar-refractivity contribution in [1.82, 2.24) is 9.78 Å². The summed E-state index contributed by atoms with van der Waals surface area (Å²) in [5, 5.41) is 5.38. The van der Waals surface area contributed by atoms with Gasteiger partial charge in [-0.15, -0.1) is 0 Å². The Morgan fingerprint density at radius 1 is 1.55 bits per heavy atom. The number of halogens is 1. The summed E-state index contributed by atoms with van der Waals surface area (Å²) in [5.41, 5.74) is 1.20. The fourth-order valence-electron chi connectivity index (χ4n) is 0.997. The number of rotatable bonds is 4. The molecule has 0 saturated carbocycles. The molecule has 0 unspecified atom stereocenters. The molecule has 1 rings (SSSR count). The van der Waals surface area contributed by atoms with Crippen molar-refractivity contribution in [3.8, 4) is 0 Å². The molecule has 0 aromatic carbocycles. The predicted molar refractivity (Wildman–Crippen MR) is 49.9 cm³/mol. The number of unbranched alkanes of at least 4 members (excludes halogenated alkanes) is 1. The van der Waals surface area contributed by atoms with Crippen molar-refractivity contribution in [2.75, 3.05) is 5.33 Å². The number of aryl methyl sites for hydroxylation is 2. The van der Waals surface area contributed by atoms with Gasteiger partial charge in [0.25, 0.3) is 0 Å². The van der Waals surface area contributed by atoms with Crippen molar-refractivity contribution in [3.63, 3.8) is 0 Å². The minimum atomic E-state index is 1.10. The molecular formula is C8H13BrN2. The molecule has 0 bridgehead atoms. The molecule has 0 amide bonds. The molecule has 0 aliphatic heterocycles. The fourth-order valence-corrected chi connectivity index (χ4v) is 1.39. The topological polar surface area (TPSA) is 17.8 Å². The molecule has 0 aliphatic carbocycles. The van der Waals surface area contributed by atoms with Crippen LogP contribution in [0.2, 0.25) is 0 Å². The Hall–Kier alpha value is -0.310. The molecule has 0 aliphatic rings. The zero-order chi connectivity index (χ0) is 8.10. The second kappa shape index (κ2) is 4.54. The van der Waals surface area contributed by atoms with Crippen LogP contribution < -0.4 is 0 Å². The zero-order valence-electron chi connectivity index (χ0n) is 6.76. The van der Waals surface area contributed by atoms with Crippen LogP contribution in [-0.4, -0.2) is 15.1 Å². The molecule has 0 fully saturated rings. The van der Waals surface area contributed by atoms with Crippen LogP contribution in [0.15, 0.2) is 12.3 Å². The third-order valence-electron chi connectivity index (χ3n) is 1.59. The molecule has 0 N–H and O–H groups in total. The van der Waals surface area contributed by atoms with Gasteiger partial charge in [-0.05, 0) is 25.3 Å². The van der Waals surface area contributed by atoms with Crippen molar-refractivity contribution in [2.45, 2.75) is 19.3 Å². The molecule has 0 atom stereocenters. The molecule has 1 aromatic heterocycles. The fraction of sp³-hybridized carbons (Fsp3) is 0.625. The van der Waals surface area contributed by atoms with Gasteiger partial charge in [0.15, 0.2) is 0 Å². The summed E-state index contributed by atoms with van der Waals surface area (Å²) in [6.45, 7) is 0. The van der Waals surface area contributed by atoms with E-state index >= 15 is 0 Å². The summed E-state index contributed by atoms with van der Waals surface area (Å²) in [6.07, 6.45) is 5.55. The lowest BCUT2D eigenvalue weighted by molar-refractivity contribution is 0.716. The standard InChI is InChI=1S/C8H13BrN2/c1-11-7-5-8(10-11)4-2-3-6-9/h5,7H,2-4,6H2,1H3. The lowest BCUT2D eigenvalue weighted by atomic mass is 10.2. The molecule has 0 spiro atoms. The Morgan fingerprint density at radius 3 is 2.91 bits per heavy atom. The second-order valence-corrected chi connectivity index (χ2v) is 3.42. The van der Waals surface area contributed by atoms with E-state index in [1.807, 2.05) is 17.9 Å². The van der Waals surface area contributed by atoms with Crippen molar-refractivity contribution in [1.29, 1.82) is 0 Å². The van der Waals surface area contributed by atoms with E-state index < -0.39 is 0 Å². The van der Waals surface area contributed by atoms with Gasteiger partial charge in [-0.2, -0.15) is 5.10 Å². The largest absolute Gasteiger partial charge is 0.276 e. The molecular weight excluding hydrogens is 204 g/mol. The van der Waals surface area contributed by atoms with Crippen LogP contribution in [0.1, 0.15) is 18.5 Å². The average molecular weight is 217 g/mol. The van der Waals surface area contributed by atoms with Crippen LogP contribution in [0.4, 0.5) is 0 Å². The van der Waals surface area contributed by atoms with Crippen LogP contribution in [0.25, 0.3) is 0 Å². The van der Waals surface area contributed by atoms with E-state index in [4.69, 9.17) is 0 Å². The van der Waals surface area contributed by atoms with E-state index in [9.17, 15) is 0 Å². The van der Waals surface area contributed by atoms with E-state index in [2.05, 4.69) is 27.1 Å². The number of alkyl halides is 1. The molecule has 1 heterocycles. The first-order valence-electron chi connectivity index (χ1n) is 3.87. The van der Waals surface area contributed by atoms with Crippen LogP contribution in [-0.2, 0) is 13.5 Å². The monoisotopic (exact) mass is 216 g/mol. The highest BCUT2D eigenvalue weighted by Gasteiger charge is 1.94. The summed E-state index contributed by atoms with van der Waals surface area (Å²) < 4.78 is 1.85. The molecule has 11 heavy (non-hydrogen) atoms. The predicted octanol–water partition coefficient (Wildman–Crippen LogP) is 2.14. The van der Waals surface area contributed by atoms with Gasteiger partial charge in [-0.25, -0.2) is 0 Å². The minimum absolute atomic E-state index is 1.10. The number of hydrogen-bond acceptors (Lipinski definition) is 1. The van der Waals surface area contributed by atoms with Gasteiger partial charge in [0.05, 0.1) is 5.69 Å². The van der Waals surface area contributed by atoms with Crippen LogP contribution in [0.5, 0.6) is 0 Å². The Labute approximate surface area is 75.7 Å². The number of nitrogens with zero attached hydrogens (tertiary/aromatic N) is 2. The van der Waals surface area contributed by atoms with Gasteiger partial charge >= 0.3 is 0 Å². The van der Waals surface area contributed by atoms with E-state index in [1.54, 1.807) is 0 Å². The lowest BCUT2D eigenvalue weighted by Gasteiger charge is -1.93. The summed E-state index contributed by atoms with van der Waals surface area (Å²) in [6, 6.07) is 2.08. The minimum Gasteiger partial charge on any atom is -0.276 e. The first-order valence-corrected chi connectivity index (χ1v) is 4.99. The zero-order valence-corrected chi connectivity index (χ0v) is 8.34. The number of hydrogen-bond donors (Lipinski definition) is 0. The van der Waals surface area contributed by atoms with Crippen molar-refractivity contribution in [3.05, 3.63) is 18.0 Å². The van der Waals surface area contributed by atoms with E-state index in [1.165, 1.54) is 18.5 Å². The van der Waals surface area contributed by atoms with Crippen molar-refractivity contribution >= 4 is 15.9 Å². The molecule has 2 nitrogen and oxygen atoms in total. The number of aromatic nitrogens is 2. The van der Waals surface area contributed by atoms with Gasteiger partial charge in [-0.3, -0.25) is 4.68 Å². The Balaban J connectivity index is 2.27. The highest BCUT2D eigenvalue weighted by molar-refractivity contribution is 9.09. The first-order chi connectivity index (χ1) is 5.33. The van der Waals surface area contributed by atoms with Crippen LogP contribution in [0.3, 0.4) is 0 Å². The molecule has 62 valence electrons. The summed E-state index contributed by atoms with van der Waals surface area (Å²) in [4.78, 5) is 0. The van der Waals surface area contributed by atoms with E-state index in [0.717, 1.165) is 11.8 Å². The Morgan fingerprint density at radius 2 is 2.36 bits per heavy atom. The lowest BCUT2D eigenvalue weighted by Crippen LogP contribution is -1.91. The Bertz CT molecular complexity index is 208. The third kappa shape index (κ3) is 3.06. The van der Waals surface area contributed by atoms with Crippen LogP contribution >= 0.6 is 15.9 Å². The average Bonchev–Trinajstić information content (AvgIpc) is 2.37. The quantitative estimate of drug-likeness (QED) is 0.558. The smallest absolute Gasteiger partial charge is 0.0624 e. The maximum atomic E-state index is 4.28. The van der Waals surface area contributed by atoms with Crippen molar-refractivity contribution in [2.24, 2.45) is 7.05 Å². The summed E-state index contributed by atoms with van der Waals surface area (Å²) in [5.74, 6) is 0. The van der Waals surface area contributed by atoms with Gasteiger partial charge in [0.2, 0.25) is 0 Å². The normalized spacial score (nSPS) is 10.4. The van der Waals surface area contributed by atoms with E-state index in [-0.39, 0.29) is 0 Å². The summed E-state index contributed by atoms with van der Waals surface area (Å²) >= 11 is 3.40. The highest BCUT2D eigenvalue weighted by atomic mass is 79.9. The molecule has 3 heteroatoms. The Kier molecular flexibility index (Phi) is 3.63. The maximum absolute atomic E-state index is 4.28. The molecule has 1 aromatic rings. The maximum Gasteiger partial charge on any atom is 0.0624 e. The van der Waals surface area contributed by atoms with Crippen LogP contribution in [0, 0.1) is 0 Å². The van der Waals surface area contributed by atoms with Gasteiger partial charge < -0.3 is 0 Å². The van der Waals surface area contributed by atoms with Gasteiger partial charge in [-0.1, -0.05) is 15.9 Å². The third-order valence-corrected chi connectivity index (χ3v) is 2.15.